The summed E-state index contributed by atoms with van der Waals surface area (Å²) in [5, 5.41) is 2.86. The minimum atomic E-state index is -0.201. The van der Waals surface area contributed by atoms with E-state index < -0.39 is 0 Å². The van der Waals surface area contributed by atoms with Gasteiger partial charge in [-0.25, -0.2) is 0 Å². The van der Waals surface area contributed by atoms with E-state index in [0.29, 0.717) is 30.0 Å². The van der Waals surface area contributed by atoms with Crippen molar-refractivity contribution in [2.45, 2.75) is 32.6 Å². The molecule has 0 aliphatic rings. The van der Waals surface area contributed by atoms with E-state index in [-0.39, 0.29) is 11.9 Å². The van der Waals surface area contributed by atoms with E-state index in [1.165, 1.54) is 7.11 Å². The Bertz CT molecular complexity index is 517. The molecule has 1 amide bonds. The van der Waals surface area contributed by atoms with Crippen molar-refractivity contribution in [3.63, 3.8) is 0 Å². The van der Waals surface area contributed by atoms with E-state index in [4.69, 9.17) is 9.47 Å². The molecule has 6 nitrogen and oxygen atoms in total. The first kappa shape index (κ1) is 18.8. The van der Waals surface area contributed by atoms with Crippen LogP contribution in [0, 0.1) is 6.92 Å². The SMILES string of the molecule is COC(=O)CCCCCNC(=O)c1cc(OC)c(C)c(OC)c1. The van der Waals surface area contributed by atoms with Gasteiger partial charge in [-0.15, -0.1) is 0 Å². The molecule has 1 aromatic carbocycles. The van der Waals surface area contributed by atoms with Crippen LogP contribution in [0.2, 0.25) is 0 Å². The third-order valence-electron chi connectivity index (χ3n) is 3.59. The average Bonchev–Trinajstić information content (AvgIpc) is 2.57. The number of hydrogen-bond acceptors (Lipinski definition) is 5. The quantitative estimate of drug-likeness (QED) is 0.558. The van der Waals surface area contributed by atoms with E-state index in [1.54, 1.807) is 26.4 Å². The molecule has 0 unspecified atom stereocenters. The molecule has 0 spiro atoms. The van der Waals surface area contributed by atoms with Crippen molar-refractivity contribution in [3.8, 4) is 11.5 Å². The molecule has 0 fully saturated rings. The molecular formula is C17H25NO5. The highest BCUT2D eigenvalue weighted by Crippen LogP contribution is 2.29. The lowest BCUT2D eigenvalue weighted by atomic mass is 10.1. The second-order valence-corrected chi connectivity index (χ2v) is 5.15. The minimum Gasteiger partial charge on any atom is -0.496 e. The molecule has 0 aliphatic heterocycles. The molecule has 1 rings (SSSR count). The Hall–Kier alpha value is -2.24. The Morgan fingerprint density at radius 1 is 1.00 bits per heavy atom. The van der Waals surface area contributed by atoms with Gasteiger partial charge in [0.15, 0.2) is 0 Å². The highest BCUT2D eigenvalue weighted by molar-refractivity contribution is 5.95. The Morgan fingerprint density at radius 3 is 2.13 bits per heavy atom. The summed E-state index contributed by atoms with van der Waals surface area (Å²) >= 11 is 0. The van der Waals surface area contributed by atoms with Gasteiger partial charge in [0.05, 0.1) is 21.3 Å². The topological polar surface area (TPSA) is 73.9 Å². The van der Waals surface area contributed by atoms with Crippen LogP contribution in [0.5, 0.6) is 11.5 Å². The fraction of sp³-hybridized carbons (Fsp3) is 0.529. The first-order valence-corrected chi connectivity index (χ1v) is 7.61. The van der Waals surface area contributed by atoms with Gasteiger partial charge in [0.2, 0.25) is 0 Å². The predicted octanol–water partition coefficient (Wildman–Crippen LogP) is 2.48. The molecule has 6 heteroatoms. The van der Waals surface area contributed by atoms with E-state index >= 15 is 0 Å². The number of carbonyl (C=O) groups excluding carboxylic acids is 2. The molecule has 0 radical (unpaired) electrons. The van der Waals surface area contributed by atoms with Gasteiger partial charge in [-0.2, -0.15) is 0 Å². The molecule has 0 bridgehead atoms. The van der Waals surface area contributed by atoms with Crippen LogP contribution in [0.1, 0.15) is 41.6 Å². The van der Waals surface area contributed by atoms with Gasteiger partial charge in [0.1, 0.15) is 11.5 Å². The monoisotopic (exact) mass is 323 g/mol. The number of esters is 1. The predicted molar refractivity (Wildman–Crippen MR) is 87.1 cm³/mol. The van der Waals surface area contributed by atoms with Crippen molar-refractivity contribution >= 4 is 11.9 Å². The van der Waals surface area contributed by atoms with Crippen LogP contribution in [0.3, 0.4) is 0 Å². The third-order valence-corrected chi connectivity index (χ3v) is 3.59. The molecule has 0 aromatic heterocycles. The number of rotatable bonds is 9. The number of methoxy groups -OCH3 is 3. The lowest BCUT2D eigenvalue weighted by Gasteiger charge is -2.12. The lowest BCUT2D eigenvalue weighted by molar-refractivity contribution is -0.140. The van der Waals surface area contributed by atoms with Crippen LogP contribution in [0.4, 0.5) is 0 Å². The van der Waals surface area contributed by atoms with Gasteiger partial charge in [-0.05, 0) is 31.9 Å². The van der Waals surface area contributed by atoms with Crippen molar-refractivity contribution in [2.75, 3.05) is 27.9 Å². The van der Waals surface area contributed by atoms with Crippen molar-refractivity contribution in [3.05, 3.63) is 23.3 Å². The second-order valence-electron chi connectivity index (χ2n) is 5.15. The summed E-state index contributed by atoms with van der Waals surface area (Å²) in [4.78, 5) is 23.2. The molecule has 128 valence electrons. The zero-order chi connectivity index (χ0) is 17.2. The highest BCUT2D eigenvalue weighted by Gasteiger charge is 2.13. The smallest absolute Gasteiger partial charge is 0.305 e. The maximum atomic E-state index is 12.2. The van der Waals surface area contributed by atoms with Gasteiger partial charge >= 0.3 is 5.97 Å². The Kier molecular flexibility index (Phi) is 7.94. The van der Waals surface area contributed by atoms with E-state index in [2.05, 4.69) is 10.1 Å². The maximum Gasteiger partial charge on any atom is 0.305 e. The van der Waals surface area contributed by atoms with Gasteiger partial charge in [0, 0.05) is 24.1 Å². The molecule has 1 N–H and O–H groups in total. The summed E-state index contributed by atoms with van der Waals surface area (Å²) in [6.45, 7) is 2.43. The van der Waals surface area contributed by atoms with Gasteiger partial charge in [0.25, 0.3) is 5.91 Å². The number of unbranched alkanes of at least 4 members (excludes halogenated alkanes) is 2. The largest absolute Gasteiger partial charge is 0.496 e. The van der Waals surface area contributed by atoms with Crippen molar-refractivity contribution in [2.24, 2.45) is 0 Å². The summed E-state index contributed by atoms with van der Waals surface area (Å²) in [5.41, 5.74) is 1.35. The minimum absolute atomic E-state index is 0.172. The molecule has 0 saturated heterocycles. The number of benzene rings is 1. The number of carbonyl (C=O) groups is 2. The van der Waals surface area contributed by atoms with Crippen molar-refractivity contribution in [1.29, 1.82) is 0 Å². The van der Waals surface area contributed by atoms with Crippen LogP contribution >= 0.6 is 0 Å². The van der Waals surface area contributed by atoms with E-state index in [9.17, 15) is 9.59 Å². The standard InChI is InChI=1S/C17H25NO5/c1-12-14(21-2)10-13(11-15(12)22-3)17(20)18-9-7-5-6-8-16(19)23-4/h10-11H,5-9H2,1-4H3,(H,18,20). The number of hydrogen-bond donors (Lipinski definition) is 1. The average molecular weight is 323 g/mol. The molecule has 23 heavy (non-hydrogen) atoms. The molecule has 1 aromatic rings. The summed E-state index contributed by atoms with van der Waals surface area (Å²) < 4.78 is 15.1. The maximum absolute atomic E-state index is 12.2. The Labute approximate surface area is 137 Å². The molecule has 0 saturated carbocycles. The molecule has 0 aliphatic carbocycles. The molecule has 0 atom stereocenters. The zero-order valence-corrected chi connectivity index (χ0v) is 14.2. The zero-order valence-electron chi connectivity index (χ0n) is 14.2. The van der Waals surface area contributed by atoms with E-state index in [0.717, 1.165) is 24.8 Å². The van der Waals surface area contributed by atoms with Crippen LogP contribution < -0.4 is 14.8 Å². The second kappa shape index (κ2) is 9.71. The summed E-state index contributed by atoms with van der Waals surface area (Å²) in [6, 6.07) is 3.40. The number of ether oxygens (including phenoxy) is 3. The lowest BCUT2D eigenvalue weighted by Crippen LogP contribution is -2.24. The Morgan fingerprint density at radius 2 is 1.61 bits per heavy atom. The fourth-order valence-electron chi connectivity index (χ4n) is 2.19. The van der Waals surface area contributed by atoms with Crippen LogP contribution in [0.25, 0.3) is 0 Å². The third kappa shape index (κ3) is 5.81. The van der Waals surface area contributed by atoms with Gasteiger partial charge < -0.3 is 19.5 Å². The summed E-state index contributed by atoms with van der Waals surface area (Å²) in [5.74, 6) is 0.864. The van der Waals surface area contributed by atoms with Gasteiger partial charge in [-0.1, -0.05) is 6.42 Å². The molecule has 0 heterocycles. The van der Waals surface area contributed by atoms with Crippen molar-refractivity contribution < 1.29 is 23.8 Å². The Balaban J connectivity index is 2.47. The fourth-order valence-corrected chi connectivity index (χ4v) is 2.19. The molecular weight excluding hydrogens is 298 g/mol. The number of amides is 1. The first-order valence-electron chi connectivity index (χ1n) is 7.61. The summed E-state index contributed by atoms with van der Waals surface area (Å²) in [7, 11) is 4.50. The van der Waals surface area contributed by atoms with Gasteiger partial charge in [-0.3, -0.25) is 9.59 Å². The summed E-state index contributed by atoms with van der Waals surface area (Å²) in [6.07, 6.45) is 2.84. The van der Waals surface area contributed by atoms with E-state index in [1.807, 2.05) is 6.92 Å². The van der Waals surface area contributed by atoms with Crippen LogP contribution in [-0.2, 0) is 9.53 Å². The van der Waals surface area contributed by atoms with Crippen LogP contribution in [-0.4, -0.2) is 39.8 Å². The highest BCUT2D eigenvalue weighted by atomic mass is 16.5. The normalized spacial score (nSPS) is 10.1. The first-order chi connectivity index (χ1) is 11.0. The number of nitrogens with one attached hydrogen (secondary N) is 1. The van der Waals surface area contributed by atoms with Crippen molar-refractivity contribution in [1.82, 2.24) is 5.32 Å². The van der Waals surface area contributed by atoms with Crippen LogP contribution in [0.15, 0.2) is 12.1 Å².